The van der Waals surface area contributed by atoms with Crippen molar-refractivity contribution in [3.63, 3.8) is 0 Å². The van der Waals surface area contributed by atoms with Gasteiger partial charge in [-0.1, -0.05) is 11.2 Å². The van der Waals surface area contributed by atoms with Crippen LogP contribution in [-0.2, 0) is 6.54 Å². The second-order valence-corrected chi connectivity index (χ2v) is 9.32. The van der Waals surface area contributed by atoms with E-state index in [9.17, 15) is 4.79 Å². The van der Waals surface area contributed by atoms with E-state index in [1.165, 1.54) is 4.88 Å². The molecule has 0 N–H and O–H groups in total. The molecule has 1 fully saturated rings. The van der Waals surface area contributed by atoms with Gasteiger partial charge in [0.1, 0.15) is 0 Å². The molecule has 4 rings (SSSR count). The Morgan fingerprint density at radius 1 is 1.24 bits per heavy atom. The largest absolute Gasteiger partial charge is 0.355 e. The van der Waals surface area contributed by atoms with E-state index in [4.69, 9.17) is 4.52 Å². The van der Waals surface area contributed by atoms with E-state index in [-0.39, 0.29) is 5.91 Å². The van der Waals surface area contributed by atoms with Crippen LogP contribution in [0.1, 0.15) is 15.4 Å². The molecule has 3 aromatic heterocycles. The van der Waals surface area contributed by atoms with Gasteiger partial charge < -0.3 is 9.42 Å². The van der Waals surface area contributed by atoms with Crippen LogP contribution >= 0.6 is 38.6 Å². The van der Waals surface area contributed by atoms with Gasteiger partial charge in [0.25, 0.3) is 5.91 Å². The lowest BCUT2D eigenvalue weighted by Crippen LogP contribution is -2.48. The lowest BCUT2D eigenvalue weighted by molar-refractivity contribution is 0.0619. The predicted molar refractivity (Wildman–Crippen MR) is 103 cm³/mol. The molecule has 0 radical (unpaired) electrons. The van der Waals surface area contributed by atoms with Crippen LogP contribution in [0.5, 0.6) is 0 Å². The Morgan fingerprint density at radius 3 is 2.76 bits per heavy atom. The number of aromatic nitrogens is 1. The fourth-order valence-electron chi connectivity index (χ4n) is 2.84. The summed E-state index contributed by atoms with van der Waals surface area (Å²) >= 11 is 6.83. The summed E-state index contributed by atoms with van der Waals surface area (Å²) in [7, 11) is 0. The highest BCUT2D eigenvalue weighted by atomic mass is 79.9. The van der Waals surface area contributed by atoms with Crippen LogP contribution < -0.4 is 0 Å². The van der Waals surface area contributed by atoms with Crippen molar-refractivity contribution in [2.45, 2.75) is 6.54 Å². The minimum Gasteiger partial charge on any atom is -0.355 e. The molecule has 8 heteroatoms. The van der Waals surface area contributed by atoms with E-state index in [0.29, 0.717) is 24.5 Å². The Bertz CT molecular complexity index is 851. The summed E-state index contributed by atoms with van der Waals surface area (Å²) in [5.41, 5.74) is 0.388. The van der Waals surface area contributed by atoms with Gasteiger partial charge >= 0.3 is 0 Å². The quantitative estimate of drug-likeness (QED) is 0.613. The molecule has 1 aliphatic rings. The molecule has 0 bridgehead atoms. The third kappa shape index (κ3) is 3.87. The van der Waals surface area contributed by atoms with Crippen LogP contribution in [0.3, 0.4) is 0 Å². The number of piperazine rings is 1. The van der Waals surface area contributed by atoms with Gasteiger partial charge in [0.2, 0.25) is 0 Å². The zero-order chi connectivity index (χ0) is 17.2. The van der Waals surface area contributed by atoms with E-state index in [1.54, 1.807) is 28.7 Å². The van der Waals surface area contributed by atoms with E-state index in [0.717, 1.165) is 28.3 Å². The minimum absolute atomic E-state index is 0.0509. The SMILES string of the molecule is O=C(c1cc(-c2cccs2)on1)N1CCN(Cc2ccc(Br)s2)CC1. The second kappa shape index (κ2) is 7.41. The van der Waals surface area contributed by atoms with Gasteiger partial charge in [0.15, 0.2) is 11.5 Å². The first-order valence-electron chi connectivity index (χ1n) is 7.95. The Hall–Kier alpha value is -1.48. The van der Waals surface area contributed by atoms with Gasteiger partial charge in [-0.15, -0.1) is 22.7 Å². The fourth-order valence-corrected chi connectivity index (χ4v) is 5.04. The molecule has 4 heterocycles. The normalized spacial score (nSPS) is 15.6. The summed E-state index contributed by atoms with van der Waals surface area (Å²) in [4.78, 5) is 19.2. The van der Waals surface area contributed by atoms with Gasteiger partial charge in [-0.3, -0.25) is 9.69 Å². The van der Waals surface area contributed by atoms with Crippen molar-refractivity contribution in [3.8, 4) is 10.6 Å². The maximum Gasteiger partial charge on any atom is 0.276 e. The fraction of sp³-hybridized carbons (Fsp3) is 0.294. The maximum atomic E-state index is 12.6. The van der Waals surface area contributed by atoms with Gasteiger partial charge in [-0.2, -0.15) is 0 Å². The summed E-state index contributed by atoms with van der Waals surface area (Å²) in [5.74, 6) is 0.602. The van der Waals surface area contributed by atoms with Gasteiger partial charge in [-0.05, 0) is 39.5 Å². The smallest absolute Gasteiger partial charge is 0.276 e. The number of hydrogen-bond acceptors (Lipinski definition) is 6. The van der Waals surface area contributed by atoms with Crippen molar-refractivity contribution >= 4 is 44.5 Å². The highest BCUT2D eigenvalue weighted by Gasteiger charge is 2.25. The van der Waals surface area contributed by atoms with Gasteiger partial charge in [0.05, 0.1) is 8.66 Å². The van der Waals surface area contributed by atoms with E-state index in [1.807, 2.05) is 22.4 Å². The molecule has 1 saturated heterocycles. The predicted octanol–water partition coefficient (Wildman–Crippen LogP) is 4.19. The average molecular weight is 438 g/mol. The monoisotopic (exact) mass is 437 g/mol. The third-order valence-electron chi connectivity index (χ3n) is 4.16. The molecular formula is C17H16BrN3O2S2. The summed E-state index contributed by atoms with van der Waals surface area (Å²) < 4.78 is 6.48. The second-order valence-electron chi connectivity index (χ2n) is 5.83. The number of carbonyl (C=O) groups is 1. The average Bonchev–Trinajstić information content (AvgIpc) is 3.36. The first kappa shape index (κ1) is 17.0. The summed E-state index contributed by atoms with van der Waals surface area (Å²) in [6, 6.07) is 9.88. The summed E-state index contributed by atoms with van der Waals surface area (Å²) in [6.45, 7) is 4.11. The molecule has 1 aliphatic heterocycles. The number of carbonyl (C=O) groups excluding carboxylic acids is 1. The topological polar surface area (TPSA) is 49.6 Å². The highest BCUT2D eigenvalue weighted by Crippen LogP contribution is 2.26. The van der Waals surface area contributed by atoms with Crippen LogP contribution in [-0.4, -0.2) is 47.0 Å². The Kier molecular flexibility index (Phi) is 5.03. The molecule has 0 aromatic carbocycles. The van der Waals surface area contributed by atoms with Crippen molar-refractivity contribution in [1.29, 1.82) is 0 Å². The Morgan fingerprint density at radius 2 is 2.08 bits per heavy atom. The zero-order valence-corrected chi connectivity index (χ0v) is 16.6. The Balaban J connectivity index is 1.35. The molecule has 0 spiro atoms. The number of amides is 1. The molecule has 0 atom stereocenters. The van der Waals surface area contributed by atoms with Gasteiger partial charge in [0, 0.05) is 43.7 Å². The highest BCUT2D eigenvalue weighted by molar-refractivity contribution is 9.11. The lowest BCUT2D eigenvalue weighted by Gasteiger charge is -2.34. The molecular weight excluding hydrogens is 422 g/mol. The van der Waals surface area contributed by atoms with Crippen molar-refractivity contribution < 1.29 is 9.32 Å². The lowest BCUT2D eigenvalue weighted by atomic mass is 10.2. The van der Waals surface area contributed by atoms with E-state index < -0.39 is 0 Å². The van der Waals surface area contributed by atoms with Crippen molar-refractivity contribution in [1.82, 2.24) is 15.0 Å². The van der Waals surface area contributed by atoms with E-state index >= 15 is 0 Å². The van der Waals surface area contributed by atoms with Crippen molar-refractivity contribution in [2.24, 2.45) is 0 Å². The zero-order valence-electron chi connectivity index (χ0n) is 13.4. The molecule has 130 valence electrons. The Labute approximate surface area is 162 Å². The first-order chi connectivity index (χ1) is 12.2. The number of nitrogens with zero attached hydrogens (tertiary/aromatic N) is 3. The van der Waals surface area contributed by atoms with Crippen LogP contribution in [0.15, 0.2) is 44.0 Å². The van der Waals surface area contributed by atoms with Crippen molar-refractivity contribution in [2.75, 3.05) is 26.2 Å². The van der Waals surface area contributed by atoms with E-state index in [2.05, 4.69) is 38.1 Å². The van der Waals surface area contributed by atoms with Crippen LogP contribution in [0, 0.1) is 0 Å². The minimum atomic E-state index is -0.0509. The number of hydrogen-bond donors (Lipinski definition) is 0. The maximum absolute atomic E-state index is 12.6. The molecule has 0 unspecified atom stereocenters. The molecule has 1 amide bonds. The van der Waals surface area contributed by atoms with Crippen LogP contribution in [0.2, 0.25) is 0 Å². The molecule has 0 saturated carbocycles. The number of rotatable bonds is 4. The molecule has 0 aliphatic carbocycles. The third-order valence-corrected chi connectivity index (χ3v) is 6.65. The molecule has 25 heavy (non-hydrogen) atoms. The van der Waals surface area contributed by atoms with Gasteiger partial charge in [-0.25, -0.2) is 0 Å². The number of halogens is 1. The molecule has 3 aromatic rings. The van der Waals surface area contributed by atoms with Crippen molar-refractivity contribution in [3.05, 3.63) is 50.1 Å². The van der Waals surface area contributed by atoms with Crippen LogP contribution in [0.4, 0.5) is 0 Å². The number of thiophene rings is 2. The molecule has 5 nitrogen and oxygen atoms in total. The van der Waals surface area contributed by atoms with Crippen LogP contribution in [0.25, 0.3) is 10.6 Å². The summed E-state index contributed by atoms with van der Waals surface area (Å²) in [6.07, 6.45) is 0. The standard InChI is InChI=1S/C17H16BrN3O2S2/c18-16-4-3-12(25-16)11-20-5-7-21(8-6-20)17(22)13-10-14(23-19-13)15-2-1-9-24-15/h1-4,9-10H,5-8,11H2. The first-order valence-corrected chi connectivity index (χ1v) is 10.4. The summed E-state index contributed by atoms with van der Waals surface area (Å²) in [5, 5.41) is 5.94.